The van der Waals surface area contributed by atoms with Crippen LogP contribution in [0.3, 0.4) is 0 Å². The van der Waals surface area contributed by atoms with Crippen molar-refractivity contribution in [1.29, 1.82) is 0 Å². The molecule has 4 nitrogen and oxygen atoms in total. The molecular weight excluding hydrogens is 274 g/mol. The van der Waals surface area contributed by atoms with Gasteiger partial charge in [0.25, 0.3) is 0 Å². The molecule has 22 heavy (non-hydrogen) atoms. The van der Waals surface area contributed by atoms with Gasteiger partial charge >= 0.3 is 0 Å². The minimum atomic E-state index is 0.0679. The van der Waals surface area contributed by atoms with Crippen molar-refractivity contribution in [3.63, 3.8) is 0 Å². The topological polar surface area (TPSA) is 46.9 Å². The first-order chi connectivity index (χ1) is 10.5. The Balaban J connectivity index is 1.99. The zero-order valence-electron chi connectivity index (χ0n) is 12.9. The lowest BCUT2D eigenvalue weighted by Gasteiger charge is -2.12. The Labute approximate surface area is 128 Å². The summed E-state index contributed by atoms with van der Waals surface area (Å²) in [5.74, 6) is 0.0679. The fourth-order valence-electron chi connectivity index (χ4n) is 3.32. The molecule has 1 aliphatic rings. The lowest BCUT2D eigenvalue weighted by molar-refractivity contribution is -0.115. The highest BCUT2D eigenvalue weighted by Gasteiger charge is 2.21. The Bertz CT molecular complexity index is 937. The third kappa shape index (κ3) is 1.77. The van der Waals surface area contributed by atoms with E-state index in [1.165, 1.54) is 10.9 Å². The van der Waals surface area contributed by atoms with Gasteiger partial charge in [0.05, 0.1) is 6.42 Å². The third-order valence-electron chi connectivity index (χ3n) is 4.38. The monoisotopic (exact) mass is 291 g/mol. The highest BCUT2D eigenvalue weighted by Crippen LogP contribution is 2.32. The summed E-state index contributed by atoms with van der Waals surface area (Å²) in [4.78, 5) is 16.2. The molecule has 0 fully saturated rings. The van der Waals surface area contributed by atoms with Gasteiger partial charge < -0.3 is 5.32 Å². The molecule has 0 saturated heterocycles. The molecule has 2 aromatic heterocycles. The van der Waals surface area contributed by atoms with Crippen molar-refractivity contribution in [1.82, 2.24) is 9.55 Å². The first-order valence-corrected chi connectivity index (χ1v) is 7.42. The van der Waals surface area contributed by atoms with Gasteiger partial charge in [-0.2, -0.15) is 0 Å². The fourth-order valence-corrected chi connectivity index (χ4v) is 3.32. The zero-order chi connectivity index (χ0) is 15.4. The van der Waals surface area contributed by atoms with Gasteiger partial charge in [-0.3, -0.25) is 9.36 Å². The number of amides is 1. The van der Waals surface area contributed by atoms with E-state index < -0.39 is 0 Å². The summed E-state index contributed by atoms with van der Waals surface area (Å²) in [6.07, 6.45) is 2.30. The number of carbonyl (C=O) groups is 1. The molecule has 0 bridgehead atoms. The van der Waals surface area contributed by atoms with Crippen LogP contribution in [0.1, 0.15) is 22.4 Å². The molecule has 110 valence electrons. The van der Waals surface area contributed by atoms with E-state index in [2.05, 4.69) is 46.9 Å². The number of aromatic nitrogens is 2. The van der Waals surface area contributed by atoms with Crippen LogP contribution in [-0.4, -0.2) is 15.5 Å². The summed E-state index contributed by atoms with van der Waals surface area (Å²) in [6, 6.07) is 8.41. The van der Waals surface area contributed by atoms with Gasteiger partial charge in [-0.25, -0.2) is 4.98 Å². The van der Waals surface area contributed by atoms with Crippen LogP contribution in [0, 0.1) is 20.8 Å². The number of aryl methyl sites for hydroxylation is 3. The number of hydrogen-bond acceptors (Lipinski definition) is 2. The number of anilines is 1. The van der Waals surface area contributed by atoms with E-state index in [1.807, 2.05) is 19.2 Å². The standard InChI is InChI=1S/C18H17N3O/c1-10-4-5-19-18-15(10)7-12(3)21(18)14-6-11(2)17-13(8-14)9-16(22)20-17/h4-8H,9H2,1-3H3,(H,20,22). The highest BCUT2D eigenvalue weighted by molar-refractivity contribution is 6.00. The minimum Gasteiger partial charge on any atom is -0.325 e. The van der Waals surface area contributed by atoms with Gasteiger partial charge in [-0.05, 0) is 61.7 Å². The molecule has 1 aromatic carbocycles. The van der Waals surface area contributed by atoms with Crippen molar-refractivity contribution in [3.05, 3.63) is 52.8 Å². The summed E-state index contributed by atoms with van der Waals surface area (Å²) in [6.45, 7) is 6.23. The number of benzene rings is 1. The van der Waals surface area contributed by atoms with E-state index in [1.54, 1.807) is 0 Å². The predicted octanol–water partition coefficient (Wildman–Crippen LogP) is 3.45. The average molecular weight is 291 g/mol. The van der Waals surface area contributed by atoms with Crippen molar-refractivity contribution in [2.45, 2.75) is 27.2 Å². The van der Waals surface area contributed by atoms with E-state index in [-0.39, 0.29) is 5.91 Å². The molecule has 1 N–H and O–H groups in total. The molecule has 0 unspecified atom stereocenters. The zero-order valence-corrected chi connectivity index (χ0v) is 12.9. The van der Waals surface area contributed by atoms with Gasteiger partial charge in [-0.15, -0.1) is 0 Å². The molecule has 0 atom stereocenters. The number of carbonyl (C=O) groups excluding carboxylic acids is 1. The van der Waals surface area contributed by atoms with Gasteiger partial charge in [0, 0.05) is 28.7 Å². The minimum absolute atomic E-state index is 0.0679. The second-order valence-corrected chi connectivity index (χ2v) is 6.01. The van der Waals surface area contributed by atoms with E-state index >= 15 is 0 Å². The number of nitrogens with zero attached hydrogens (tertiary/aromatic N) is 2. The molecular formula is C18H17N3O. The molecule has 0 radical (unpaired) electrons. The smallest absolute Gasteiger partial charge is 0.228 e. The van der Waals surface area contributed by atoms with E-state index in [0.717, 1.165) is 33.8 Å². The Morgan fingerprint density at radius 3 is 2.77 bits per heavy atom. The SMILES string of the molecule is Cc1cc(-n2c(C)cc3c(C)ccnc32)cc2c1NC(=O)C2. The summed E-state index contributed by atoms with van der Waals surface area (Å²) >= 11 is 0. The molecule has 3 aromatic rings. The van der Waals surface area contributed by atoms with Crippen molar-refractivity contribution in [3.8, 4) is 5.69 Å². The van der Waals surface area contributed by atoms with Crippen LogP contribution in [0.5, 0.6) is 0 Å². The third-order valence-corrected chi connectivity index (χ3v) is 4.38. The maximum Gasteiger partial charge on any atom is 0.228 e. The van der Waals surface area contributed by atoms with Crippen LogP contribution in [0.4, 0.5) is 5.69 Å². The normalized spacial score (nSPS) is 13.5. The largest absolute Gasteiger partial charge is 0.325 e. The second kappa shape index (κ2) is 4.44. The summed E-state index contributed by atoms with van der Waals surface area (Å²) in [5.41, 5.74) is 7.52. The number of hydrogen-bond donors (Lipinski definition) is 1. The van der Waals surface area contributed by atoms with E-state index in [4.69, 9.17) is 0 Å². The maximum absolute atomic E-state index is 11.6. The quantitative estimate of drug-likeness (QED) is 0.746. The van der Waals surface area contributed by atoms with E-state index in [9.17, 15) is 4.79 Å². The maximum atomic E-state index is 11.6. The molecule has 4 heteroatoms. The van der Waals surface area contributed by atoms with Gasteiger partial charge in [0.2, 0.25) is 5.91 Å². The summed E-state index contributed by atoms with van der Waals surface area (Å²) in [5, 5.41) is 4.11. The van der Waals surface area contributed by atoms with E-state index in [0.29, 0.717) is 6.42 Å². The number of nitrogens with one attached hydrogen (secondary N) is 1. The Kier molecular flexibility index (Phi) is 2.64. The number of rotatable bonds is 1. The van der Waals surface area contributed by atoms with Crippen molar-refractivity contribution >= 4 is 22.6 Å². The van der Waals surface area contributed by atoms with Crippen molar-refractivity contribution in [2.24, 2.45) is 0 Å². The fraction of sp³-hybridized carbons (Fsp3) is 0.222. The molecule has 4 rings (SSSR count). The van der Waals surface area contributed by atoms with Gasteiger partial charge in [-0.1, -0.05) is 0 Å². The Morgan fingerprint density at radius 1 is 1.14 bits per heavy atom. The number of fused-ring (bicyclic) bond motifs is 2. The Morgan fingerprint density at radius 2 is 1.95 bits per heavy atom. The van der Waals surface area contributed by atoms with Crippen LogP contribution >= 0.6 is 0 Å². The highest BCUT2D eigenvalue weighted by atomic mass is 16.1. The molecule has 1 aliphatic heterocycles. The summed E-state index contributed by atoms with van der Waals surface area (Å²) < 4.78 is 2.17. The summed E-state index contributed by atoms with van der Waals surface area (Å²) in [7, 11) is 0. The molecule has 0 saturated carbocycles. The average Bonchev–Trinajstić information content (AvgIpc) is 2.99. The predicted molar refractivity (Wildman–Crippen MR) is 87.6 cm³/mol. The number of pyridine rings is 1. The molecule has 1 amide bonds. The lowest BCUT2D eigenvalue weighted by atomic mass is 10.1. The molecule has 0 aliphatic carbocycles. The first-order valence-electron chi connectivity index (χ1n) is 7.42. The lowest BCUT2D eigenvalue weighted by Crippen LogP contribution is -2.04. The Hall–Kier alpha value is -2.62. The first kappa shape index (κ1) is 13.1. The van der Waals surface area contributed by atoms with Crippen molar-refractivity contribution in [2.75, 3.05) is 5.32 Å². The second-order valence-electron chi connectivity index (χ2n) is 6.01. The van der Waals surface area contributed by atoms with Crippen LogP contribution in [0.15, 0.2) is 30.5 Å². The molecule has 0 spiro atoms. The van der Waals surface area contributed by atoms with Gasteiger partial charge in [0.1, 0.15) is 5.65 Å². The van der Waals surface area contributed by atoms with Gasteiger partial charge in [0.15, 0.2) is 0 Å². The molecule has 3 heterocycles. The van der Waals surface area contributed by atoms with Crippen LogP contribution in [0.2, 0.25) is 0 Å². The van der Waals surface area contributed by atoms with Crippen molar-refractivity contribution < 1.29 is 4.79 Å². The van der Waals surface area contributed by atoms with Crippen LogP contribution < -0.4 is 5.32 Å². The van der Waals surface area contributed by atoms with Crippen LogP contribution in [-0.2, 0) is 11.2 Å². The van der Waals surface area contributed by atoms with Crippen LogP contribution in [0.25, 0.3) is 16.7 Å².